The Labute approximate surface area is 135 Å². The van der Waals surface area contributed by atoms with Crippen LogP contribution in [-0.2, 0) is 13.6 Å². The number of rotatable bonds is 5. The lowest BCUT2D eigenvalue weighted by Gasteiger charge is -2.19. The highest BCUT2D eigenvalue weighted by atomic mass is 35.5. The number of aryl methyl sites for hydroxylation is 1. The third-order valence-corrected chi connectivity index (χ3v) is 4.07. The van der Waals surface area contributed by atoms with Crippen molar-refractivity contribution in [1.29, 1.82) is 0 Å². The number of hydrogen-bond acceptors (Lipinski definition) is 2. The highest BCUT2D eigenvalue weighted by Crippen LogP contribution is 2.22. The third kappa shape index (κ3) is 3.21. The van der Waals surface area contributed by atoms with E-state index in [1.54, 1.807) is 0 Å². The van der Waals surface area contributed by atoms with Crippen LogP contribution in [0.1, 0.15) is 23.0 Å². The fraction of sp³-hybridized carbons (Fsp3) is 0.167. The third-order valence-electron chi connectivity index (χ3n) is 3.70. The van der Waals surface area contributed by atoms with Gasteiger partial charge in [-0.25, -0.2) is 4.98 Å². The van der Waals surface area contributed by atoms with Crippen molar-refractivity contribution < 1.29 is 0 Å². The molecule has 0 aliphatic heterocycles. The Morgan fingerprint density at radius 3 is 2.50 bits per heavy atom. The fourth-order valence-corrected chi connectivity index (χ4v) is 2.72. The number of aromatic nitrogens is 2. The van der Waals surface area contributed by atoms with E-state index in [9.17, 15) is 0 Å². The lowest BCUT2D eigenvalue weighted by molar-refractivity contribution is 0.558. The van der Waals surface area contributed by atoms with Gasteiger partial charge in [0.05, 0.1) is 6.04 Å². The molecule has 3 nitrogen and oxygen atoms in total. The predicted molar refractivity (Wildman–Crippen MR) is 89.8 cm³/mol. The van der Waals surface area contributed by atoms with Crippen LogP contribution in [0.15, 0.2) is 67.0 Å². The summed E-state index contributed by atoms with van der Waals surface area (Å²) in [4.78, 5) is 4.49. The fourth-order valence-electron chi connectivity index (χ4n) is 2.51. The molecular weight excluding hydrogens is 294 g/mol. The molecule has 0 saturated carbocycles. The Morgan fingerprint density at radius 2 is 1.82 bits per heavy atom. The van der Waals surface area contributed by atoms with Crippen LogP contribution < -0.4 is 5.32 Å². The molecule has 3 rings (SSSR count). The van der Waals surface area contributed by atoms with Crippen molar-refractivity contribution in [2.24, 2.45) is 7.05 Å². The van der Waals surface area contributed by atoms with Crippen LogP contribution in [0.25, 0.3) is 0 Å². The second-order valence-electron chi connectivity index (χ2n) is 5.21. The first-order valence-corrected chi connectivity index (χ1v) is 7.62. The minimum atomic E-state index is 0.0254. The average Bonchev–Trinajstić information content (AvgIpc) is 2.96. The zero-order chi connectivity index (χ0) is 15.4. The van der Waals surface area contributed by atoms with E-state index in [-0.39, 0.29) is 6.04 Å². The maximum Gasteiger partial charge on any atom is 0.130 e. The molecule has 0 spiro atoms. The number of imidazole rings is 1. The molecule has 4 heteroatoms. The Morgan fingerprint density at radius 1 is 1.09 bits per heavy atom. The summed E-state index contributed by atoms with van der Waals surface area (Å²) in [5.74, 6) is 0.984. The van der Waals surface area contributed by atoms with Gasteiger partial charge in [0.2, 0.25) is 0 Å². The number of hydrogen-bond donors (Lipinski definition) is 1. The molecule has 3 aromatic rings. The molecule has 1 N–H and O–H groups in total. The van der Waals surface area contributed by atoms with E-state index in [1.165, 1.54) is 5.56 Å². The van der Waals surface area contributed by atoms with Crippen molar-refractivity contribution in [1.82, 2.24) is 14.9 Å². The Bertz CT molecular complexity index is 737. The van der Waals surface area contributed by atoms with Crippen molar-refractivity contribution in [3.05, 3.63) is 89.0 Å². The summed E-state index contributed by atoms with van der Waals surface area (Å²) in [5.41, 5.74) is 2.27. The molecule has 0 aliphatic rings. The maximum atomic E-state index is 6.25. The number of nitrogens with one attached hydrogen (secondary N) is 1. The Hall–Kier alpha value is -2.10. The van der Waals surface area contributed by atoms with Crippen LogP contribution in [0.5, 0.6) is 0 Å². The molecule has 1 aromatic heterocycles. The van der Waals surface area contributed by atoms with Crippen LogP contribution >= 0.6 is 11.6 Å². The van der Waals surface area contributed by atoms with Crippen LogP contribution in [0.4, 0.5) is 0 Å². The van der Waals surface area contributed by atoms with Gasteiger partial charge in [0, 0.05) is 31.0 Å². The second-order valence-corrected chi connectivity index (χ2v) is 5.62. The lowest BCUT2D eigenvalue weighted by Crippen LogP contribution is -2.24. The largest absolute Gasteiger partial charge is 0.336 e. The molecule has 0 amide bonds. The van der Waals surface area contributed by atoms with E-state index >= 15 is 0 Å². The molecule has 1 heterocycles. The minimum absolute atomic E-state index is 0.0254. The molecule has 112 valence electrons. The summed E-state index contributed by atoms with van der Waals surface area (Å²) in [7, 11) is 2.01. The van der Waals surface area contributed by atoms with Crippen LogP contribution in [0.3, 0.4) is 0 Å². The highest BCUT2D eigenvalue weighted by molar-refractivity contribution is 6.31. The summed E-state index contributed by atoms with van der Waals surface area (Å²) in [6, 6.07) is 18.3. The summed E-state index contributed by atoms with van der Waals surface area (Å²) in [5, 5.41) is 4.35. The maximum absolute atomic E-state index is 6.25. The van der Waals surface area contributed by atoms with Gasteiger partial charge < -0.3 is 4.57 Å². The molecule has 0 saturated heterocycles. The van der Waals surface area contributed by atoms with Crippen LogP contribution in [0.2, 0.25) is 5.02 Å². The van der Waals surface area contributed by atoms with Gasteiger partial charge in [0.1, 0.15) is 5.82 Å². The molecule has 2 aromatic carbocycles. The first kappa shape index (κ1) is 14.8. The zero-order valence-corrected chi connectivity index (χ0v) is 13.2. The standard InChI is InChI=1S/C18H18ClN3/c1-22-12-11-20-18(22)17(14-7-3-2-4-8-14)21-13-15-9-5-6-10-16(15)19/h2-12,17,21H,13H2,1H3/t17-/m0/s1. The van der Waals surface area contributed by atoms with Crippen molar-refractivity contribution in [2.75, 3.05) is 0 Å². The van der Waals surface area contributed by atoms with Gasteiger partial charge in [-0.15, -0.1) is 0 Å². The summed E-state index contributed by atoms with van der Waals surface area (Å²) in [6.45, 7) is 0.687. The highest BCUT2D eigenvalue weighted by Gasteiger charge is 2.17. The summed E-state index contributed by atoms with van der Waals surface area (Å²) < 4.78 is 2.04. The van der Waals surface area contributed by atoms with Crippen LogP contribution in [0, 0.1) is 0 Å². The first-order chi connectivity index (χ1) is 10.8. The Kier molecular flexibility index (Phi) is 4.56. The van der Waals surface area contributed by atoms with Gasteiger partial charge in [-0.2, -0.15) is 0 Å². The van der Waals surface area contributed by atoms with E-state index in [4.69, 9.17) is 11.6 Å². The second kappa shape index (κ2) is 6.77. The van der Waals surface area contributed by atoms with Gasteiger partial charge >= 0.3 is 0 Å². The SMILES string of the molecule is Cn1ccnc1[C@@H](NCc1ccccc1Cl)c1ccccc1. The van der Waals surface area contributed by atoms with E-state index in [1.807, 2.05) is 66.5 Å². The molecule has 0 radical (unpaired) electrons. The molecular formula is C18H18ClN3. The summed E-state index contributed by atoms with van der Waals surface area (Å²) >= 11 is 6.25. The van der Waals surface area contributed by atoms with Crippen molar-refractivity contribution in [3.8, 4) is 0 Å². The van der Waals surface area contributed by atoms with Gasteiger partial charge in [-0.3, -0.25) is 5.32 Å². The van der Waals surface area contributed by atoms with Crippen molar-refractivity contribution in [2.45, 2.75) is 12.6 Å². The normalized spacial score (nSPS) is 12.3. The molecule has 0 unspecified atom stereocenters. The van der Waals surface area contributed by atoms with Gasteiger partial charge in [-0.1, -0.05) is 60.1 Å². The topological polar surface area (TPSA) is 29.9 Å². The lowest BCUT2D eigenvalue weighted by atomic mass is 10.1. The van der Waals surface area contributed by atoms with E-state index < -0.39 is 0 Å². The number of nitrogens with zero attached hydrogens (tertiary/aromatic N) is 2. The number of halogens is 1. The monoisotopic (exact) mass is 311 g/mol. The van der Waals surface area contributed by atoms with E-state index in [0.717, 1.165) is 16.4 Å². The zero-order valence-electron chi connectivity index (χ0n) is 12.4. The minimum Gasteiger partial charge on any atom is -0.336 e. The van der Waals surface area contributed by atoms with Gasteiger partial charge in [-0.05, 0) is 17.2 Å². The quantitative estimate of drug-likeness (QED) is 0.773. The first-order valence-electron chi connectivity index (χ1n) is 7.24. The van der Waals surface area contributed by atoms with Gasteiger partial charge in [0.15, 0.2) is 0 Å². The van der Waals surface area contributed by atoms with Gasteiger partial charge in [0.25, 0.3) is 0 Å². The van der Waals surface area contributed by atoms with Crippen molar-refractivity contribution in [3.63, 3.8) is 0 Å². The predicted octanol–water partition coefficient (Wildman–Crippen LogP) is 3.95. The van der Waals surface area contributed by atoms with E-state index in [2.05, 4.69) is 22.4 Å². The smallest absolute Gasteiger partial charge is 0.130 e. The Balaban J connectivity index is 1.87. The summed E-state index contributed by atoms with van der Waals surface area (Å²) in [6.07, 6.45) is 3.78. The average molecular weight is 312 g/mol. The molecule has 0 bridgehead atoms. The molecule has 1 atom stereocenters. The van der Waals surface area contributed by atoms with E-state index in [0.29, 0.717) is 6.54 Å². The van der Waals surface area contributed by atoms with Crippen LogP contribution in [-0.4, -0.2) is 9.55 Å². The number of benzene rings is 2. The molecule has 0 aliphatic carbocycles. The molecule has 22 heavy (non-hydrogen) atoms. The van der Waals surface area contributed by atoms with Crippen molar-refractivity contribution >= 4 is 11.6 Å². The molecule has 0 fully saturated rings.